The molecule has 0 spiro atoms. The minimum absolute atomic E-state index is 0.0598. The molecule has 0 saturated carbocycles. The molecule has 1 aliphatic heterocycles. The summed E-state index contributed by atoms with van der Waals surface area (Å²) in [5, 5.41) is 0.362. The molecule has 0 saturated heterocycles. The van der Waals surface area contributed by atoms with Crippen molar-refractivity contribution in [3.05, 3.63) is 83.0 Å². The van der Waals surface area contributed by atoms with Crippen LogP contribution in [0.2, 0.25) is 0 Å². The van der Waals surface area contributed by atoms with Gasteiger partial charge in [-0.3, -0.25) is 4.79 Å². The highest BCUT2D eigenvalue weighted by Crippen LogP contribution is 2.41. The van der Waals surface area contributed by atoms with Crippen molar-refractivity contribution < 1.29 is 27.4 Å². The van der Waals surface area contributed by atoms with Crippen molar-refractivity contribution in [2.75, 3.05) is 26.5 Å². The van der Waals surface area contributed by atoms with Gasteiger partial charge < -0.3 is 14.4 Å². The molecule has 1 aromatic heterocycles. The van der Waals surface area contributed by atoms with Gasteiger partial charge in [0.2, 0.25) is 5.91 Å². The maximum atomic E-state index is 13.3. The van der Waals surface area contributed by atoms with Crippen molar-refractivity contribution in [1.29, 1.82) is 0 Å². The molecule has 0 fully saturated rings. The number of pyridine rings is 1. The summed E-state index contributed by atoms with van der Waals surface area (Å²) in [6, 6.07) is 15.5. The number of halogens is 3. The summed E-state index contributed by atoms with van der Waals surface area (Å²) in [6.45, 7) is 0.502. The fourth-order valence-corrected chi connectivity index (χ4v) is 4.79. The zero-order valence-corrected chi connectivity index (χ0v) is 19.4. The molecule has 4 rings (SSSR count). The Morgan fingerprint density at radius 2 is 1.79 bits per heavy atom. The van der Waals surface area contributed by atoms with Crippen molar-refractivity contribution in [3.8, 4) is 11.5 Å². The first-order valence-electron chi connectivity index (χ1n) is 10.6. The zero-order valence-electron chi connectivity index (χ0n) is 18.6. The summed E-state index contributed by atoms with van der Waals surface area (Å²) in [7, 11) is 3.16. The van der Waals surface area contributed by atoms with Gasteiger partial charge in [-0.2, -0.15) is 13.2 Å². The number of benzene rings is 2. The molecule has 0 unspecified atom stereocenters. The van der Waals surface area contributed by atoms with Crippen molar-refractivity contribution in [3.63, 3.8) is 0 Å². The van der Waals surface area contributed by atoms with Gasteiger partial charge in [0.25, 0.3) is 0 Å². The Labute approximate surface area is 199 Å². The molecule has 34 heavy (non-hydrogen) atoms. The lowest BCUT2D eigenvalue weighted by atomic mass is 9.87. The van der Waals surface area contributed by atoms with E-state index < -0.39 is 11.7 Å². The zero-order chi connectivity index (χ0) is 24.3. The molecule has 2 heterocycles. The predicted molar refractivity (Wildman–Crippen MR) is 123 cm³/mol. The Morgan fingerprint density at radius 1 is 1.09 bits per heavy atom. The van der Waals surface area contributed by atoms with E-state index in [0.29, 0.717) is 29.5 Å². The predicted octanol–water partition coefficient (Wildman–Crippen LogP) is 5.38. The SMILES string of the molecule is COc1cc2c(cc1OC)[C@H](c1ccccc1)N(C(=O)CSc1ccc(C(F)(F)F)cn1)CC2. The van der Waals surface area contributed by atoms with Crippen LogP contribution in [0.4, 0.5) is 13.2 Å². The van der Waals surface area contributed by atoms with Gasteiger partial charge in [0, 0.05) is 12.7 Å². The Kier molecular flexibility index (Phi) is 7.02. The van der Waals surface area contributed by atoms with Crippen LogP contribution in [0.5, 0.6) is 11.5 Å². The van der Waals surface area contributed by atoms with E-state index in [1.54, 1.807) is 19.1 Å². The molecule has 0 N–H and O–H groups in total. The highest BCUT2D eigenvalue weighted by atomic mass is 32.2. The average molecular weight is 489 g/mol. The van der Waals surface area contributed by atoms with E-state index in [0.717, 1.165) is 40.7 Å². The Balaban J connectivity index is 1.60. The second kappa shape index (κ2) is 9.97. The number of carbonyl (C=O) groups is 1. The second-order valence-corrected chi connectivity index (χ2v) is 8.72. The van der Waals surface area contributed by atoms with Crippen molar-refractivity contribution in [2.24, 2.45) is 0 Å². The number of methoxy groups -OCH3 is 2. The summed E-state index contributed by atoms with van der Waals surface area (Å²) in [6.07, 6.45) is -3.01. The highest BCUT2D eigenvalue weighted by Gasteiger charge is 2.34. The van der Waals surface area contributed by atoms with Gasteiger partial charge >= 0.3 is 6.18 Å². The Hall–Kier alpha value is -3.20. The molecular formula is C25H23F3N2O3S. The topological polar surface area (TPSA) is 51.7 Å². The number of fused-ring (bicyclic) bond motifs is 1. The standard InChI is InChI=1S/C25H23F3N2O3S/c1-32-20-12-17-10-11-30(23(31)15-34-22-9-8-18(14-29-22)25(26,27)28)24(16-6-4-3-5-7-16)19(17)13-21(20)33-2/h3-9,12-14,24H,10-11,15H2,1-2H3/t24-/m0/s1. The first-order chi connectivity index (χ1) is 16.3. The van der Waals surface area contributed by atoms with E-state index in [-0.39, 0.29) is 17.7 Å². The maximum Gasteiger partial charge on any atom is 0.417 e. The third kappa shape index (κ3) is 4.99. The molecule has 0 radical (unpaired) electrons. The molecule has 5 nitrogen and oxygen atoms in total. The monoisotopic (exact) mass is 488 g/mol. The normalized spacial score (nSPS) is 15.6. The Bertz CT molecular complexity index is 1150. The van der Waals surface area contributed by atoms with Crippen molar-refractivity contribution >= 4 is 17.7 Å². The van der Waals surface area contributed by atoms with Crippen molar-refractivity contribution in [2.45, 2.75) is 23.7 Å². The summed E-state index contributed by atoms with van der Waals surface area (Å²) in [5.74, 6) is 1.15. The van der Waals surface area contributed by atoms with Gasteiger partial charge in [-0.15, -0.1) is 0 Å². The summed E-state index contributed by atoms with van der Waals surface area (Å²) < 4.78 is 49.3. The van der Waals surface area contributed by atoms with Crippen molar-refractivity contribution in [1.82, 2.24) is 9.88 Å². The van der Waals surface area contributed by atoms with Gasteiger partial charge in [-0.05, 0) is 47.4 Å². The molecule has 1 atom stereocenters. The molecule has 1 amide bonds. The molecule has 0 bridgehead atoms. The summed E-state index contributed by atoms with van der Waals surface area (Å²) >= 11 is 1.12. The van der Waals surface area contributed by atoms with Gasteiger partial charge in [0.1, 0.15) is 0 Å². The van der Waals surface area contributed by atoms with Gasteiger partial charge in [-0.1, -0.05) is 42.1 Å². The van der Waals surface area contributed by atoms with Crippen LogP contribution in [0.1, 0.15) is 28.3 Å². The number of thioether (sulfide) groups is 1. The minimum Gasteiger partial charge on any atom is -0.493 e. The average Bonchev–Trinajstić information content (AvgIpc) is 2.85. The van der Waals surface area contributed by atoms with Crippen LogP contribution in [0.15, 0.2) is 65.8 Å². The minimum atomic E-state index is -4.44. The summed E-state index contributed by atoms with van der Waals surface area (Å²) in [5.41, 5.74) is 2.18. The van der Waals surface area contributed by atoms with Crippen LogP contribution in [0.25, 0.3) is 0 Å². The third-order valence-electron chi connectivity index (χ3n) is 5.72. The third-order valence-corrected chi connectivity index (χ3v) is 6.65. The number of nitrogens with zero attached hydrogens (tertiary/aromatic N) is 2. The fraction of sp³-hybridized carbons (Fsp3) is 0.280. The number of carbonyl (C=O) groups excluding carboxylic acids is 1. The van der Waals surface area contributed by atoms with Gasteiger partial charge in [0.05, 0.1) is 36.6 Å². The fourth-order valence-electron chi connectivity index (χ4n) is 4.06. The molecule has 1 aliphatic rings. The number of aromatic nitrogens is 1. The molecule has 9 heteroatoms. The van der Waals surface area contributed by atoms with E-state index in [4.69, 9.17) is 9.47 Å². The first-order valence-corrected chi connectivity index (χ1v) is 11.6. The molecule has 2 aromatic carbocycles. The first kappa shape index (κ1) is 23.9. The number of hydrogen-bond acceptors (Lipinski definition) is 5. The quantitative estimate of drug-likeness (QED) is 0.436. The van der Waals surface area contributed by atoms with Crippen LogP contribution < -0.4 is 9.47 Å². The molecule has 178 valence electrons. The van der Waals surface area contributed by atoms with Crippen LogP contribution in [0.3, 0.4) is 0 Å². The van der Waals surface area contributed by atoms with E-state index in [1.807, 2.05) is 42.5 Å². The van der Waals surface area contributed by atoms with E-state index in [1.165, 1.54) is 6.07 Å². The van der Waals surface area contributed by atoms with E-state index >= 15 is 0 Å². The second-order valence-electron chi connectivity index (χ2n) is 7.73. The number of alkyl halides is 3. The van der Waals surface area contributed by atoms with Crippen LogP contribution in [-0.4, -0.2) is 42.3 Å². The lowest BCUT2D eigenvalue weighted by Crippen LogP contribution is -2.41. The Morgan fingerprint density at radius 3 is 2.41 bits per heavy atom. The summed E-state index contributed by atoms with van der Waals surface area (Å²) in [4.78, 5) is 19.0. The number of ether oxygens (including phenoxy) is 2. The van der Waals surface area contributed by atoms with E-state index in [9.17, 15) is 18.0 Å². The van der Waals surface area contributed by atoms with Crippen LogP contribution >= 0.6 is 11.8 Å². The molecular weight excluding hydrogens is 465 g/mol. The van der Waals surface area contributed by atoms with E-state index in [2.05, 4.69) is 4.98 Å². The number of amides is 1. The lowest BCUT2D eigenvalue weighted by molar-refractivity contribution is -0.138. The van der Waals surface area contributed by atoms with Gasteiger partial charge in [0.15, 0.2) is 11.5 Å². The maximum absolute atomic E-state index is 13.3. The highest BCUT2D eigenvalue weighted by molar-refractivity contribution is 7.99. The lowest BCUT2D eigenvalue weighted by Gasteiger charge is -2.38. The number of rotatable bonds is 6. The van der Waals surface area contributed by atoms with Crippen LogP contribution in [0, 0.1) is 0 Å². The largest absolute Gasteiger partial charge is 0.493 e. The van der Waals surface area contributed by atoms with Crippen LogP contribution in [-0.2, 0) is 17.4 Å². The molecule has 0 aliphatic carbocycles. The smallest absolute Gasteiger partial charge is 0.417 e. The van der Waals surface area contributed by atoms with Gasteiger partial charge in [-0.25, -0.2) is 4.98 Å². The molecule has 3 aromatic rings. The number of hydrogen-bond donors (Lipinski definition) is 0.